The molecule has 5 heteroatoms. The Morgan fingerprint density at radius 2 is 2.56 bits per heavy atom. The van der Waals surface area contributed by atoms with Crippen LogP contribution in [0, 0.1) is 5.95 Å². The molecule has 0 aliphatic carbocycles. The predicted molar refractivity (Wildman–Crippen MR) is 58.5 cm³/mol. The van der Waals surface area contributed by atoms with Gasteiger partial charge in [0.15, 0.2) is 0 Å². The van der Waals surface area contributed by atoms with E-state index in [4.69, 9.17) is 4.74 Å². The number of hydrogen-bond acceptors (Lipinski definition) is 3. The van der Waals surface area contributed by atoms with Gasteiger partial charge in [-0.1, -0.05) is 0 Å². The first-order valence-electron chi connectivity index (χ1n) is 5.83. The maximum absolute atomic E-state index is 13.6. The van der Waals surface area contributed by atoms with Crippen LogP contribution in [0.2, 0.25) is 0 Å². The topological polar surface area (TPSA) is 39.1 Å². The fourth-order valence-corrected chi connectivity index (χ4v) is 1.92. The molecule has 1 saturated heterocycles. The summed E-state index contributed by atoms with van der Waals surface area (Å²) in [6.45, 7) is 4.61. The Labute approximate surface area is 94.8 Å². The minimum absolute atomic E-state index is 0.234. The fourth-order valence-electron chi connectivity index (χ4n) is 1.92. The molecule has 2 heterocycles. The highest BCUT2D eigenvalue weighted by Gasteiger charge is 2.15. The summed E-state index contributed by atoms with van der Waals surface area (Å²) < 4.78 is 20.4. The third-order valence-electron chi connectivity index (χ3n) is 2.86. The van der Waals surface area contributed by atoms with E-state index in [1.54, 1.807) is 6.20 Å². The quantitative estimate of drug-likeness (QED) is 0.824. The summed E-state index contributed by atoms with van der Waals surface area (Å²) in [5.74, 6) is -0.234. The van der Waals surface area contributed by atoms with Crippen molar-refractivity contribution in [3.8, 4) is 0 Å². The van der Waals surface area contributed by atoms with Gasteiger partial charge in [0, 0.05) is 31.8 Å². The Hall–Kier alpha value is -0.940. The first-order chi connectivity index (χ1) is 7.81. The Morgan fingerprint density at radius 3 is 3.19 bits per heavy atom. The van der Waals surface area contributed by atoms with Crippen LogP contribution in [0.25, 0.3) is 0 Å². The van der Waals surface area contributed by atoms with Crippen LogP contribution in [0.1, 0.15) is 25.3 Å². The summed E-state index contributed by atoms with van der Waals surface area (Å²) >= 11 is 0. The number of nitrogens with one attached hydrogen (secondary N) is 1. The SMILES string of the molecule is CCn1ncc(CNCC2CCCO2)c1F. The summed E-state index contributed by atoms with van der Waals surface area (Å²) in [6, 6.07) is 0. The first-order valence-corrected chi connectivity index (χ1v) is 5.83. The van der Waals surface area contributed by atoms with Crippen LogP contribution >= 0.6 is 0 Å². The lowest BCUT2D eigenvalue weighted by Gasteiger charge is -2.09. The molecule has 1 N–H and O–H groups in total. The lowest BCUT2D eigenvalue weighted by atomic mass is 10.2. The van der Waals surface area contributed by atoms with Crippen molar-refractivity contribution in [2.75, 3.05) is 13.2 Å². The number of aromatic nitrogens is 2. The lowest BCUT2D eigenvalue weighted by Crippen LogP contribution is -2.26. The number of ether oxygens (including phenoxy) is 1. The minimum Gasteiger partial charge on any atom is -0.377 e. The molecular formula is C11H18FN3O. The molecule has 90 valence electrons. The van der Waals surface area contributed by atoms with Crippen LogP contribution in [0.15, 0.2) is 6.20 Å². The second kappa shape index (κ2) is 5.41. The van der Waals surface area contributed by atoms with Crippen molar-refractivity contribution in [3.05, 3.63) is 17.7 Å². The fraction of sp³-hybridized carbons (Fsp3) is 0.727. The number of hydrogen-bond donors (Lipinski definition) is 1. The molecule has 16 heavy (non-hydrogen) atoms. The highest BCUT2D eigenvalue weighted by molar-refractivity contribution is 5.06. The molecule has 2 rings (SSSR count). The summed E-state index contributed by atoms with van der Waals surface area (Å²) in [5, 5.41) is 7.16. The van der Waals surface area contributed by atoms with Crippen LogP contribution in [0.3, 0.4) is 0 Å². The van der Waals surface area contributed by atoms with Gasteiger partial charge in [0.1, 0.15) is 0 Å². The zero-order valence-electron chi connectivity index (χ0n) is 9.58. The normalized spacial score (nSPS) is 20.5. The smallest absolute Gasteiger partial charge is 0.215 e. The van der Waals surface area contributed by atoms with E-state index in [1.807, 2.05) is 6.92 Å². The molecule has 1 aromatic rings. The van der Waals surface area contributed by atoms with Gasteiger partial charge in [0.05, 0.1) is 12.3 Å². The van der Waals surface area contributed by atoms with Gasteiger partial charge in [-0.3, -0.25) is 0 Å². The molecule has 0 spiro atoms. The first kappa shape index (κ1) is 11.5. The molecule has 0 aromatic carbocycles. The van der Waals surface area contributed by atoms with Gasteiger partial charge in [0.2, 0.25) is 5.95 Å². The lowest BCUT2D eigenvalue weighted by molar-refractivity contribution is 0.110. The summed E-state index contributed by atoms with van der Waals surface area (Å²) in [6.07, 6.45) is 4.11. The maximum Gasteiger partial charge on any atom is 0.215 e. The zero-order chi connectivity index (χ0) is 11.4. The molecule has 0 saturated carbocycles. The van der Waals surface area contributed by atoms with Gasteiger partial charge >= 0.3 is 0 Å². The Kier molecular flexibility index (Phi) is 3.90. The van der Waals surface area contributed by atoms with E-state index in [-0.39, 0.29) is 5.95 Å². The molecule has 1 aromatic heterocycles. The van der Waals surface area contributed by atoms with Crippen molar-refractivity contribution < 1.29 is 9.13 Å². The monoisotopic (exact) mass is 227 g/mol. The molecular weight excluding hydrogens is 209 g/mol. The van der Waals surface area contributed by atoms with Crippen LogP contribution in [0.4, 0.5) is 4.39 Å². The van der Waals surface area contributed by atoms with Crippen molar-refractivity contribution in [2.24, 2.45) is 0 Å². The van der Waals surface area contributed by atoms with Crippen molar-refractivity contribution in [2.45, 2.75) is 39.0 Å². The molecule has 1 fully saturated rings. The van der Waals surface area contributed by atoms with Gasteiger partial charge in [-0.15, -0.1) is 0 Å². The summed E-state index contributed by atoms with van der Waals surface area (Å²) in [5.41, 5.74) is 0.625. The van der Waals surface area contributed by atoms with Crippen LogP contribution in [-0.4, -0.2) is 29.0 Å². The van der Waals surface area contributed by atoms with E-state index in [9.17, 15) is 4.39 Å². The number of rotatable bonds is 5. The molecule has 1 unspecified atom stereocenters. The molecule has 1 aliphatic heterocycles. The Balaban J connectivity index is 1.78. The van der Waals surface area contributed by atoms with E-state index < -0.39 is 0 Å². The zero-order valence-corrected chi connectivity index (χ0v) is 9.58. The summed E-state index contributed by atoms with van der Waals surface area (Å²) in [4.78, 5) is 0. The predicted octanol–water partition coefficient (Wildman–Crippen LogP) is 1.31. The molecule has 1 aliphatic rings. The number of nitrogens with zero attached hydrogens (tertiary/aromatic N) is 2. The van der Waals surface area contributed by atoms with E-state index in [0.717, 1.165) is 26.0 Å². The maximum atomic E-state index is 13.6. The second-order valence-electron chi connectivity index (χ2n) is 4.04. The molecule has 0 bridgehead atoms. The van der Waals surface area contributed by atoms with Crippen molar-refractivity contribution >= 4 is 0 Å². The molecule has 0 amide bonds. The third kappa shape index (κ3) is 2.59. The van der Waals surface area contributed by atoms with Crippen molar-refractivity contribution in [1.29, 1.82) is 0 Å². The van der Waals surface area contributed by atoms with Gasteiger partial charge in [0.25, 0.3) is 0 Å². The third-order valence-corrected chi connectivity index (χ3v) is 2.86. The molecule has 4 nitrogen and oxygen atoms in total. The van der Waals surface area contributed by atoms with Crippen molar-refractivity contribution in [3.63, 3.8) is 0 Å². The van der Waals surface area contributed by atoms with Crippen LogP contribution in [0.5, 0.6) is 0 Å². The van der Waals surface area contributed by atoms with E-state index >= 15 is 0 Å². The van der Waals surface area contributed by atoms with Crippen LogP contribution in [-0.2, 0) is 17.8 Å². The van der Waals surface area contributed by atoms with E-state index in [1.165, 1.54) is 4.68 Å². The minimum atomic E-state index is -0.234. The van der Waals surface area contributed by atoms with Gasteiger partial charge < -0.3 is 10.1 Å². The Morgan fingerprint density at radius 1 is 1.69 bits per heavy atom. The van der Waals surface area contributed by atoms with Crippen LogP contribution < -0.4 is 5.32 Å². The highest BCUT2D eigenvalue weighted by atomic mass is 19.1. The van der Waals surface area contributed by atoms with Gasteiger partial charge in [-0.2, -0.15) is 9.49 Å². The second-order valence-corrected chi connectivity index (χ2v) is 4.04. The standard InChI is InChI=1S/C11H18FN3O/c1-2-15-11(12)9(7-14-15)6-13-8-10-4-3-5-16-10/h7,10,13H,2-6,8H2,1H3. The average molecular weight is 227 g/mol. The van der Waals surface area contributed by atoms with E-state index in [2.05, 4.69) is 10.4 Å². The summed E-state index contributed by atoms with van der Waals surface area (Å²) in [7, 11) is 0. The molecule has 0 radical (unpaired) electrons. The van der Waals surface area contributed by atoms with Gasteiger partial charge in [-0.05, 0) is 19.8 Å². The highest BCUT2D eigenvalue weighted by Crippen LogP contribution is 2.11. The van der Waals surface area contributed by atoms with E-state index in [0.29, 0.717) is 24.8 Å². The van der Waals surface area contributed by atoms with Gasteiger partial charge in [-0.25, -0.2) is 4.68 Å². The Bertz CT molecular complexity index is 334. The average Bonchev–Trinajstić information content (AvgIpc) is 2.90. The number of halogens is 1. The largest absolute Gasteiger partial charge is 0.377 e. The number of aryl methyl sites for hydroxylation is 1. The van der Waals surface area contributed by atoms with Crippen molar-refractivity contribution in [1.82, 2.24) is 15.1 Å². The molecule has 1 atom stereocenters.